The molecule has 0 aliphatic carbocycles. The van der Waals surface area contributed by atoms with Gasteiger partial charge in [0.1, 0.15) is 5.82 Å². The summed E-state index contributed by atoms with van der Waals surface area (Å²) < 4.78 is 36.8. The summed E-state index contributed by atoms with van der Waals surface area (Å²) in [5, 5.41) is 0. The monoisotopic (exact) mass is 423 g/mol. The number of rotatable bonds is 4. The second-order valence-electron chi connectivity index (χ2n) is 9.38. The first-order valence-corrected chi connectivity index (χ1v) is 11.4. The van der Waals surface area contributed by atoms with E-state index in [1.807, 2.05) is 4.31 Å². The molecule has 2 aliphatic rings. The molecule has 1 aromatic heterocycles. The van der Waals surface area contributed by atoms with Gasteiger partial charge in [-0.25, -0.2) is 18.1 Å². The molecule has 0 saturated carbocycles. The van der Waals surface area contributed by atoms with Gasteiger partial charge in [0, 0.05) is 56.0 Å². The summed E-state index contributed by atoms with van der Waals surface area (Å²) in [5.41, 5.74) is 2.11. The van der Waals surface area contributed by atoms with Gasteiger partial charge < -0.3 is 9.30 Å². The number of alkyl halides is 2. The van der Waals surface area contributed by atoms with Crippen molar-refractivity contribution in [3.05, 3.63) is 24.0 Å². The van der Waals surface area contributed by atoms with Gasteiger partial charge in [-0.3, -0.25) is 0 Å². The average Bonchev–Trinajstić information content (AvgIpc) is 3.02. The van der Waals surface area contributed by atoms with Crippen molar-refractivity contribution >= 4 is 23.0 Å². The van der Waals surface area contributed by atoms with E-state index in [4.69, 9.17) is 9.72 Å². The molecule has 0 unspecified atom stereocenters. The van der Waals surface area contributed by atoms with E-state index in [0.717, 1.165) is 54.4 Å². The van der Waals surface area contributed by atoms with Crippen LogP contribution in [0.3, 0.4) is 0 Å². The molecule has 160 valence electrons. The minimum atomic E-state index is -2.51. The molecule has 7 heteroatoms. The quantitative estimate of drug-likeness (QED) is 0.608. The molecule has 4 rings (SSSR count). The molecule has 0 N–H and O–H groups in total. The van der Waals surface area contributed by atoms with Crippen LogP contribution in [0.5, 0.6) is 0 Å². The molecule has 2 fully saturated rings. The molecule has 0 spiro atoms. The number of imidazole rings is 1. The number of nitrogens with zero attached hydrogens (tertiary/aromatic N) is 3. The van der Waals surface area contributed by atoms with Crippen LogP contribution in [0.4, 0.5) is 8.78 Å². The SMILES string of the molecule is CC(C)(C)c1nc2cc(SN3CCC(F)(F)CC3)ccc2n1CC1CCOCC1. The highest BCUT2D eigenvalue weighted by molar-refractivity contribution is 7.97. The average molecular weight is 424 g/mol. The van der Waals surface area contributed by atoms with Crippen molar-refractivity contribution < 1.29 is 13.5 Å². The van der Waals surface area contributed by atoms with Crippen LogP contribution in [-0.4, -0.2) is 46.1 Å². The summed E-state index contributed by atoms with van der Waals surface area (Å²) in [6.45, 7) is 10.1. The van der Waals surface area contributed by atoms with Crippen molar-refractivity contribution in [3.63, 3.8) is 0 Å². The Labute approximate surface area is 176 Å². The first kappa shape index (κ1) is 21.1. The summed E-state index contributed by atoms with van der Waals surface area (Å²) in [7, 11) is 0. The van der Waals surface area contributed by atoms with E-state index in [9.17, 15) is 8.78 Å². The maximum atomic E-state index is 13.4. The number of hydrogen-bond donors (Lipinski definition) is 0. The minimum absolute atomic E-state index is 0.0457. The van der Waals surface area contributed by atoms with E-state index in [2.05, 4.69) is 43.5 Å². The highest BCUT2D eigenvalue weighted by Gasteiger charge is 2.34. The number of piperidine rings is 1. The van der Waals surface area contributed by atoms with Crippen LogP contribution in [-0.2, 0) is 16.7 Å². The van der Waals surface area contributed by atoms with Gasteiger partial charge in [0.15, 0.2) is 0 Å². The van der Waals surface area contributed by atoms with E-state index >= 15 is 0 Å². The van der Waals surface area contributed by atoms with E-state index in [1.54, 1.807) is 11.9 Å². The summed E-state index contributed by atoms with van der Waals surface area (Å²) in [6, 6.07) is 6.37. The van der Waals surface area contributed by atoms with Crippen LogP contribution in [0, 0.1) is 5.92 Å². The highest BCUT2D eigenvalue weighted by atomic mass is 32.2. The number of benzene rings is 1. The van der Waals surface area contributed by atoms with Crippen LogP contribution in [0.15, 0.2) is 23.1 Å². The third-order valence-corrected chi connectivity index (χ3v) is 6.95. The molecule has 3 heterocycles. The van der Waals surface area contributed by atoms with Crippen molar-refractivity contribution in [2.75, 3.05) is 26.3 Å². The second-order valence-corrected chi connectivity index (χ2v) is 10.5. The highest BCUT2D eigenvalue weighted by Crippen LogP contribution is 2.35. The molecular weight excluding hydrogens is 392 g/mol. The Morgan fingerprint density at radius 1 is 1.17 bits per heavy atom. The molecule has 4 nitrogen and oxygen atoms in total. The van der Waals surface area contributed by atoms with Crippen molar-refractivity contribution in [3.8, 4) is 0 Å². The lowest BCUT2D eigenvalue weighted by Crippen LogP contribution is -2.35. The lowest BCUT2D eigenvalue weighted by atomic mass is 9.94. The van der Waals surface area contributed by atoms with Crippen molar-refractivity contribution in [2.45, 2.75) is 69.2 Å². The Hall–Kier alpha value is -1.18. The number of hydrogen-bond acceptors (Lipinski definition) is 4. The van der Waals surface area contributed by atoms with Crippen molar-refractivity contribution in [1.29, 1.82) is 0 Å². The van der Waals surface area contributed by atoms with Crippen molar-refractivity contribution in [2.24, 2.45) is 5.92 Å². The largest absolute Gasteiger partial charge is 0.381 e. The number of halogens is 2. The number of ether oxygens (including phenoxy) is 1. The van der Waals surface area contributed by atoms with Crippen LogP contribution in [0.1, 0.15) is 52.3 Å². The minimum Gasteiger partial charge on any atom is -0.381 e. The van der Waals surface area contributed by atoms with Gasteiger partial charge in [-0.15, -0.1) is 0 Å². The van der Waals surface area contributed by atoms with E-state index < -0.39 is 5.92 Å². The first-order chi connectivity index (χ1) is 13.7. The van der Waals surface area contributed by atoms with Crippen LogP contribution in [0.2, 0.25) is 0 Å². The Balaban J connectivity index is 1.58. The van der Waals surface area contributed by atoms with E-state index in [1.165, 1.54) is 0 Å². The van der Waals surface area contributed by atoms with Gasteiger partial charge in [-0.2, -0.15) is 0 Å². The zero-order valence-corrected chi connectivity index (χ0v) is 18.4. The third kappa shape index (κ3) is 4.94. The van der Waals surface area contributed by atoms with Crippen LogP contribution >= 0.6 is 11.9 Å². The van der Waals surface area contributed by atoms with Crippen LogP contribution in [0.25, 0.3) is 11.0 Å². The van der Waals surface area contributed by atoms with Crippen LogP contribution < -0.4 is 0 Å². The molecule has 2 aromatic rings. The maximum absolute atomic E-state index is 13.4. The molecule has 0 radical (unpaired) electrons. The molecule has 0 amide bonds. The van der Waals surface area contributed by atoms with Gasteiger partial charge in [0.25, 0.3) is 5.92 Å². The second kappa shape index (κ2) is 8.16. The predicted octanol–water partition coefficient (Wildman–Crippen LogP) is 5.50. The molecular formula is C22H31F2N3OS. The first-order valence-electron chi connectivity index (χ1n) is 10.6. The maximum Gasteiger partial charge on any atom is 0.250 e. The molecule has 29 heavy (non-hydrogen) atoms. The Bertz CT molecular complexity index is 846. The molecule has 0 bridgehead atoms. The lowest BCUT2D eigenvalue weighted by Gasteiger charge is -2.30. The summed E-state index contributed by atoms with van der Waals surface area (Å²) >= 11 is 1.57. The summed E-state index contributed by atoms with van der Waals surface area (Å²) in [4.78, 5) is 6.07. The zero-order valence-electron chi connectivity index (χ0n) is 17.6. The lowest BCUT2D eigenvalue weighted by molar-refractivity contribution is -0.0399. The predicted molar refractivity (Wildman–Crippen MR) is 114 cm³/mol. The molecule has 2 aliphatic heterocycles. The van der Waals surface area contributed by atoms with E-state index in [0.29, 0.717) is 19.0 Å². The molecule has 2 saturated heterocycles. The molecule has 1 aromatic carbocycles. The van der Waals surface area contributed by atoms with Gasteiger partial charge in [0.2, 0.25) is 0 Å². The number of aromatic nitrogens is 2. The van der Waals surface area contributed by atoms with Gasteiger partial charge in [-0.1, -0.05) is 20.8 Å². The fraction of sp³-hybridized carbons (Fsp3) is 0.682. The smallest absolute Gasteiger partial charge is 0.250 e. The number of fused-ring (bicyclic) bond motifs is 1. The topological polar surface area (TPSA) is 30.3 Å². The van der Waals surface area contributed by atoms with E-state index in [-0.39, 0.29) is 18.3 Å². The Morgan fingerprint density at radius 2 is 1.86 bits per heavy atom. The summed E-state index contributed by atoms with van der Waals surface area (Å²) in [5.74, 6) is -0.781. The Kier molecular flexibility index (Phi) is 5.93. The van der Waals surface area contributed by atoms with Gasteiger partial charge in [-0.05, 0) is 48.9 Å². The normalized spacial score (nSPS) is 21.7. The third-order valence-electron chi connectivity index (χ3n) is 5.86. The van der Waals surface area contributed by atoms with Gasteiger partial charge in [0.05, 0.1) is 11.0 Å². The fourth-order valence-corrected chi connectivity index (χ4v) is 5.12. The Morgan fingerprint density at radius 3 is 2.52 bits per heavy atom. The van der Waals surface area contributed by atoms with Crippen molar-refractivity contribution in [1.82, 2.24) is 13.9 Å². The van der Waals surface area contributed by atoms with Gasteiger partial charge >= 0.3 is 0 Å². The molecule has 0 atom stereocenters. The standard InChI is InChI=1S/C22H31F2N3OS/c1-21(2,3)20-25-18-14-17(29-26-10-8-22(23,24)9-11-26)4-5-19(18)27(20)15-16-6-12-28-13-7-16/h4-5,14,16H,6-13,15H2,1-3H3. The zero-order chi connectivity index (χ0) is 20.6. The summed E-state index contributed by atoms with van der Waals surface area (Å²) in [6.07, 6.45) is 2.07. The fourth-order valence-electron chi connectivity index (χ4n) is 4.16.